The fraction of sp³-hybridized carbons (Fsp3) is 0.273. The molecule has 2 nitrogen and oxygen atoms in total. The molecule has 1 heterocycles. The van der Waals surface area contributed by atoms with Crippen LogP contribution in [0.3, 0.4) is 0 Å². The van der Waals surface area contributed by atoms with Crippen LogP contribution in [0.5, 0.6) is 0 Å². The molecule has 1 aromatic carbocycles. The van der Waals surface area contributed by atoms with Crippen LogP contribution in [-0.2, 0) is 5.54 Å². The third kappa shape index (κ3) is 0.923. The van der Waals surface area contributed by atoms with Crippen LogP contribution >= 0.6 is 0 Å². The lowest BCUT2D eigenvalue weighted by atomic mass is 10.0. The van der Waals surface area contributed by atoms with Crippen molar-refractivity contribution in [3.05, 3.63) is 36.0 Å². The van der Waals surface area contributed by atoms with Crippen LogP contribution in [0.25, 0.3) is 10.9 Å². The van der Waals surface area contributed by atoms with E-state index < -0.39 is 0 Å². The molecule has 2 heteroatoms. The molecule has 13 heavy (non-hydrogen) atoms. The van der Waals surface area contributed by atoms with Gasteiger partial charge < -0.3 is 10.7 Å². The average molecular weight is 172 g/mol. The van der Waals surface area contributed by atoms with Crippen LogP contribution < -0.4 is 5.73 Å². The van der Waals surface area contributed by atoms with Gasteiger partial charge in [-0.3, -0.25) is 0 Å². The van der Waals surface area contributed by atoms with Gasteiger partial charge in [0.15, 0.2) is 0 Å². The van der Waals surface area contributed by atoms with Crippen molar-refractivity contribution < 1.29 is 0 Å². The van der Waals surface area contributed by atoms with Crippen molar-refractivity contribution in [3.63, 3.8) is 0 Å². The summed E-state index contributed by atoms with van der Waals surface area (Å²) in [6.07, 6.45) is 4.20. The number of aromatic amines is 1. The molecule has 1 aliphatic rings. The zero-order chi connectivity index (χ0) is 8.89. The second-order valence-corrected chi connectivity index (χ2v) is 3.90. The van der Waals surface area contributed by atoms with E-state index >= 15 is 0 Å². The molecule has 3 rings (SSSR count). The lowest BCUT2D eigenvalue weighted by molar-refractivity contribution is 0.746. The van der Waals surface area contributed by atoms with Gasteiger partial charge in [-0.05, 0) is 29.9 Å². The van der Waals surface area contributed by atoms with E-state index in [1.165, 1.54) is 16.5 Å². The first-order valence-corrected chi connectivity index (χ1v) is 4.65. The van der Waals surface area contributed by atoms with Crippen molar-refractivity contribution in [2.75, 3.05) is 0 Å². The molecule has 0 atom stereocenters. The summed E-state index contributed by atoms with van der Waals surface area (Å²) >= 11 is 0. The van der Waals surface area contributed by atoms with Gasteiger partial charge in [0.25, 0.3) is 0 Å². The van der Waals surface area contributed by atoms with Gasteiger partial charge in [-0.25, -0.2) is 0 Å². The Morgan fingerprint density at radius 3 is 2.85 bits per heavy atom. The highest BCUT2D eigenvalue weighted by Crippen LogP contribution is 2.44. The molecule has 0 radical (unpaired) electrons. The molecule has 0 aliphatic heterocycles. The molecule has 1 aliphatic carbocycles. The average Bonchev–Trinajstić information content (AvgIpc) is 2.72. The number of hydrogen-bond donors (Lipinski definition) is 2. The number of nitrogens with one attached hydrogen (secondary N) is 1. The molecular formula is C11H12N2. The second kappa shape index (κ2) is 2.15. The summed E-state index contributed by atoms with van der Waals surface area (Å²) < 4.78 is 0. The van der Waals surface area contributed by atoms with Crippen molar-refractivity contribution in [2.45, 2.75) is 18.4 Å². The van der Waals surface area contributed by atoms with E-state index in [-0.39, 0.29) is 5.54 Å². The predicted molar refractivity (Wildman–Crippen MR) is 53.4 cm³/mol. The van der Waals surface area contributed by atoms with Crippen LogP contribution in [0.4, 0.5) is 0 Å². The van der Waals surface area contributed by atoms with Crippen molar-refractivity contribution in [1.29, 1.82) is 0 Å². The summed E-state index contributed by atoms with van der Waals surface area (Å²) in [5, 5.41) is 1.26. The van der Waals surface area contributed by atoms with Crippen molar-refractivity contribution >= 4 is 10.9 Å². The molecule has 0 amide bonds. The molecule has 0 bridgehead atoms. The molecule has 0 spiro atoms. The van der Waals surface area contributed by atoms with E-state index in [1.54, 1.807) is 0 Å². The highest BCUT2D eigenvalue weighted by molar-refractivity contribution is 5.83. The SMILES string of the molecule is NC1(c2cccc3cc[nH]c23)CC1. The first-order valence-electron chi connectivity index (χ1n) is 4.65. The maximum atomic E-state index is 6.17. The molecule has 66 valence electrons. The lowest BCUT2D eigenvalue weighted by Crippen LogP contribution is -2.18. The Labute approximate surface area is 76.8 Å². The largest absolute Gasteiger partial charge is 0.361 e. The van der Waals surface area contributed by atoms with Gasteiger partial charge in [-0.15, -0.1) is 0 Å². The van der Waals surface area contributed by atoms with Gasteiger partial charge in [0.05, 0.1) is 5.52 Å². The zero-order valence-electron chi connectivity index (χ0n) is 7.38. The fourth-order valence-corrected chi connectivity index (χ4v) is 1.90. The van der Waals surface area contributed by atoms with Gasteiger partial charge in [0.2, 0.25) is 0 Å². The van der Waals surface area contributed by atoms with Crippen LogP contribution in [-0.4, -0.2) is 4.98 Å². The third-order valence-corrected chi connectivity index (χ3v) is 2.91. The normalized spacial score (nSPS) is 19.2. The molecule has 1 aromatic heterocycles. The minimum atomic E-state index is -0.0373. The van der Waals surface area contributed by atoms with Crippen molar-refractivity contribution in [3.8, 4) is 0 Å². The Morgan fingerprint density at radius 1 is 1.23 bits per heavy atom. The molecule has 3 N–H and O–H groups in total. The van der Waals surface area contributed by atoms with Crippen molar-refractivity contribution in [1.82, 2.24) is 4.98 Å². The van der Waals surface area contributed by atoms with E-state index in [4.69, 9.17) is 5.73 Å². The first-order chi connectivity index (χ1) is 6.30. The van der Waals surface area contributed by atoms with E-state index in [0.717, 1.165) is 12.8 Å². The van der Waals surface area contributed by atoms with Crippen LogP contribution in [0.1, 0.15) is 18.4 Å². The van der Waals surface area contributed by atoms with Crippen LogP contribution in [0.15, 0.2) is 30.5 Å². The fourth-order valence-electron chi connectivity index (χ4n) is 1.90. The van der Waals surface area contributed by atoms with Crippen molar-refractivity contribution in [2.24, 2.45) is 5.73 Å². The molecule has 0 unspecified atom stereocenters. The summed E-state index contributed by atoms with van der Waals surface area (Å²) in [5.74, 6) is 0. The van der Waals surface area contributed by atoms with Gasteiger partial charge in [0, 0.05) is 11.7 Å². The van der Waals surface area contributed by atoms with Crippen LogP contribution in [0.2, 0.25) is 0 Å². The maximum Gasteiger partial charge on any atom is 0.0505 e. The Bertz CT molecular complexity index is 452. The van der Waals surface area contributed by atoms with Crippen LogP contribution in [0, 0.1) is 0 Å². The summed E-state index contributed by atoms with van der Waals surface area (Å²) in [4.78, 5) is 3.25. The monoisotopic (exact) mass is 172 g/mol. The molecule has 2 aromatic rings. The van der Waals surface area contributed by atoms with Gasteiger partial charge in [-0.1, -0.05) is 18.2 Å². The number of para-hydroxylation sites is 1. The van der Waals surface area contributed by atoms with E-state index in [2.05, 4.69) is 29.2 Å². The number of aromatic nitrogens is 1. The van der Waals surface area contributed by atoms with E-state index in [9.17, 15) is 0 Å². The minimum absolute atomic E-state index is 0.0373. The molecule has 0 saturated heterocycles. The lowest BCUT2D eigenvalue weighted by Gasteiger charge is -2.09. The zero-order valence-corrected chi connectivity index (χ0v) is 7.38. The van der Waals surface area contributed by atoms with Gasteiger partial charge >= 0.3 is 0 Å². The van der Waals surface area contributed by atoms with E-state index in [1.807, 2.05) is 6.20 Å². The topological polar surface area (TPSA) is 41.8 Å². The third-order valence-electron chi connectivity index (χ3n) is 2.91. The summed E-state index contributed by atoms with van der Waals surface area (Å²) in [5.41, 5.74) is 8.62. The first kappa shape index (κ1) is 7.15. The Balaban J connectivity index is 2.33. The number of H-pyrrole nitrogens is 1. The molecule has 1 saturated carbocycles. The quantitative estimate of drug-likeness (QED) is 0.679. The Kier molecular flexibility index (Phi) is 1.18. The maximum absolute atomic E-state index is 6.17. The predicted octanol–water partition coefficient (Wildman–Crippen LogP) is 2.12. The number of fused-ring (bicyclic) bond motifs is 1. The summed E-state index contributed by atoms with van der Waals surface area (Å²) in [7, 11) is 0. The number of hydrogen-bond acceptors (Lipinski definition) is 1. The highest BCUT2D eigenvalue weighted by Gasteiger charge is 2.41. The minimum Gasteiger partial charge on any atom is -0.361 e. The standard InChI is InChI=1S/C11H12N2/c12-11(5-6-11)9-3-1-2-8-4-7-13-10(8)9/h1-4,7,13H,5-6,12H2. The Hall–Kier alpha value is -1.28. The van der Waals surface area contributed by atoms with Gasteiger partial charge in [-0.2, -0.15) is 0 Å². The van der Waals surface area contributed by atoms with E-state index in [0.29, 0.717) is 0 Å². The number of nitrogens with two attached hydrogens (primary N) is 1. The molecule has 1 fully saturated rings. The summed E-state index contributed by atoms with van der Waals surface area (Å²) in [6.45, 7) is 0. The number of rotatable bonds is 1. The second-order valence-electron chi connectivity index (χ2n) is 3.90. The van der Waals surface area contributed by atoms with Gasteiger partial charge in [0.1, 0.15) is 0 Å². The summed E-state index contributed by atoms with van der Waals surface area (Å²) in [6, 6.07) is 8.41. The Morgan fingerprint density at radius 2 is 2.08 bits per heavy atom. The number of benzene rings is 1. The smallest absolute Gasteiger partial charge is 0.0505 e. The molecular weight excluding hydrogens is 160 g/mol. The highest BCUT2D eigenvalue weighted by atomic mass is 14.8.